The van der Waals surface area contributed by atoms with E-state index in [2.05, 4.69) is 18.3 Å². The minimum absolute atomic E-state index is 0.0895. The molecular formula is C24H27N3O3. The van der Waals surface area contributed by atoms with Crippen molar-refractivity contribution in [2.45, 2.75) is 38.6 Å². The summed E-state index contributed by atoms with van der Waals surface area (Å²) in [5.41, 5.74) is 2.11. The van der Waals surface area contributed by atoms with E-state index in [1.165, 1.54) is 0 Å². The lowest BCUT2D eigenvalue weighted by Crippen LogP contribution is -2.47. The Morgan fingerprint density at radius 3 is 2.50 bits per heavy atom. The van der Waals surface area contributed by atoms with Gasteiger partial charge >= 0.3 is 0 Å². The first-order chi connectivity index (χ1) is 14.6. The number of likely N-dealkylation sites (tertiary alicyclic amines) is 1. The summed E-state index contributed by atoms with van der Waals surface area (Å²) in [5.74, 6) is 0.351. The van der Waals surface area contributed by atoms with Gasteiger partial charge in [-0.15, -0.1) is 0 Å². The molecule has 1 heterocycles. The Morgan fingerprint density at radius 1 is 1.20 bits per heavy atom. The number of unbranched alkanes of at least 4 members (excludes halogenated alkanes) is 1. The number of carbonyl (C=O) groups excluding carboxylic acids is 2. The standard InChI is InChI=1S/C24H27N3O3/c1-3-4-15-27-22(28)14-13-21(23(27)18-7-11-20(30-2)12-8-18)24(29)26-19-9-5-17(16-25)6-10-19/h5-12,21,23H,3-4,13-15H2,1-2H3,(H,26,29)/t21-,23+/m0/s1. The van der Waals surface area contributed by atoms with Crippen molar-refractivity contribution in [1.29, 1.82) is 5.26 Å². The van der Waals surface area contributed by atoms with E-state index in [0.717, 1.165) is 24.2 Å². The van der Waals surface area contributed by atoms with Crippen LogP contribution in [0.3, 0.4) is 0 Å². The lowest BCUT2D eigenvalue weighted by Gasteiger charge is -2.41. The molecular weight excluding hydrogens is 378 g/mol. The van der Waals surface area contributed by atoms with E-state index in [4.69, 9.17) is 10.00 Å². The molecule has 0 bridgehead atoms. The first-order valence-electron chi connectivity index (χ1n) is 10.3. The van der Waals surface area contributed by atoms with Gasteiger partial charge in [-0.3, -0.25) is 9.59 Å². The summed E-state index contributed by atoms with van der Waals surface area (Å²) in [5, 5.41) is 11.9. The van der Waals surface area contributed by atoms with Crippen LogP contribution in [0.15, 0.2) is 48.5 Å². The number of benzene rings is 2. The second kappa shape index (κ2) is 9.93. The number of methoxy groups -OCH3 is 1. The van der Waals surface area contributed by atoms with Gasteiger partial charge in [0.15, 0.2) is 0 Å². The number of anilines is 1. The zero-order chi connectivity index (χ0) is 21.5. The lowest BCUT2D eigenvalue weighted by molar-refractivity contribution is -0.142. The smallest absolute Gasteiger partial charge is 0.229 e. The number of amides is 2. The van der Waals surface area contributed by atoms with Gasteiger partial charge in [-0.05, 0) is 54.8 Å². The van der Waals surface area contributed by atoms with Crippen molar-refractivity contribution in [1.82, 2.24) is 4.90 Å². The van der Waals surface area contributed by atoms with Crippen LogP contribution < -0.4 is 10.1 Å². The topological polar surface area (TPSA) is 82.4 Å². The van der Waals surface area contributed by atoms with E-state index in [0.29, 0.717) is 30.6 Å². The second-order valence-electron chi connectivity index (χ2n) is 7.48. The number of piperidine rings is 1. The Kier molecular flexibility index (Phi) is 7.08. The van der Waals surface area contributed by atoms with E-state index in [9.17, 15) is 9.59 Å². The summed E-state index contributed by atoms with van der Waals surface area (Å²) in [6, 6.07) is 16.1. The molecule has 2 amide bonds. The summed E-state index contributed by atoms with van der Waals surface area (Å²) in [6.07, 6.45) is 2.73. The van der Waals surface area contributed by atoms with Crippen molar-refractivity contribution in [2.24, 2.45) is 5.92 Å². The summed E-state index contributed by atoms with van der Waals surface area (Å²) in [6.45, 7) is 2.72. The summed E-state index contributed by atoms with van der Waals surface area (Å²) >= 11 is 0. The Balaban J connectivity index is 1.88. The highest BCUT2D eigenvalue weighted by molar-refractivity contribution is 5.94. The molecule has 3 rings (SSSR count). The van der Waals surface area contributed by atoms with Gasteiger partial charge in [-0.2, -0.15) is 5.26 Å². The van der Waals surface area contributed by atoms with Crippen LogP contribution in [0.4, 0.5) is 5.69 Å². The van der Waals surface area contributed by atoms with E-state index in [1.807, 2.05) is 29.2 Å². The number of ether oxygens (including phenoxy) is 1. The Morgan fingerprint density at radius 2 is 1.90 bits per heavy atom. The number of rotatable bonds is 7. The Hall–Kier alpha value is -3.33. The molecule has 1 fully saturated rings. The molecule has 156 valence electrons. The van der Waals surface area contributed by atoms with Crippen LogP contribution in [-0.2, 0) is 9.59 Å². The molecule has 2 aromatic carbocycles. The number of hydrogen-bond acceptors (Lipinski definition) is 4. The van der Waals surface area contributed by atoms with Crippen LogP contribution >= 0.6 is 0 Å². The van der Waals surface area contributed by atoms with Gasteiger partial charge in [0.2, 0.25) is 11.8 Å². The minimum Gasteiger partial charge on any atom is -0.497 e. The van der Waals surface area contributed by atoms with Crippen molar-refractivity contribution in [2.75, 3.05) is 19.0 Å². The average molecular weight is 405 g/mol. The Labute approximate surface area is 177 Å². The average Bonchev–Trinajstić information content (AvgIpc) is 2.78. The van der Waals surface area contributed by atoms with Gasteiger partial charge < -0.3 is 15.0 Å². The first kappa shape index (κ1) is 21.4. The van der Waals surface area contributed by atoms with Gasteiger partial charge in [0.1, 0.15) is 5.75 Å². The van der Waals surface area contributed by atoms with E-state index < -0.39 is 0 Å². The van der Waals surface area contributed by atoms with Crippen molar-refractivity contribution in [3.8, 4) is 11.8 Å². The molecule has 1 N–H and O–H groups in total. The minimum atomic E-state index is -0.358. The predicted octanol–water partition coefficient (Wildman–Crippen LogP) is 4.29. The molecule has 6 nitrogen and oxygen atoms in total. The maximum Gasteiger partial charge on any atom is 0.229 e. The van der Waals surface area contributed by atoms with Gasteiger partial charge in [-0.1, -0.05) is 25.5 Å². The maximum absolute atomic E-state index is 13.2. The van der Waals surface area contributed by atoms with E-state index in [1.54, 1.807) is 31.4 Å². The monoisotopic (exact) mass is 405 g/mol. The molecule has 0 aliphatic carbocycles. The zero-order valence-corrected chi connectivity index (χ0v) is 17.4. The largest absolute Gasteiger partial charge is 0.497 e. The fourth-order valence-corrected chi connectivity index (χ4v) is 3.90. The third-order valence-corrected chi connectivity index (χ3v) is 5.53. The third-order valence-electron chi connectivity index (χ3n) is 5.53. The second-order valence-corrected chi connectivity index (χ2v) is 7.48. The summed E-state index contributed by atoms with van der Waals surface area (Å²) in [7, 11) is 1.61. The molecule has 0 saturated carbocycles. The molecule has 0 aromatic heterocycles. The van der Waals surface area contributed by atoms with Crippen LogP contribution in [0.5, 0.6) is 5.75 Å². The summed E-state index contributed by atoms with van der Waals surface area (Å²) in [4.78, 5) is 27.8. The van der Waals surface area contributed by atoms with E-state index >= 15 is 0 Å². The third kappa shape index (κ3) is 4.80. The molecule has 0 unspecified atom stereocenters. The van der Waals surface area contributed by atoms with Crippen molar-refractivity contribution < 1.29 is 14.3 Å². The molecule has 30 heavy (non-hydrogen) atoms. The normalized spacial score (nSPS) is 18.6. The van der Waals surface area contributed by atoms with Gasteiger partial charge in [0.25, 0.3) is 0 Å². The van der Waals surface area contributed by atoms with Crippen LogP contribution in [0.25, 0.3) is 0 Å². The number of nitrogens with zero attached hydrogens (tertiary/aromatic N) is 2. The van der Waals surface area contributed by atoms with E-state index in [-0.39, 0.29) is 23.8 Å². The molecule has 0 radical (unpaired) electrons. The molecule has 1 saturated heterocycles. The predicted molar refractivity (Wildman–Crippen MR) is 115 cm³/mol. The fraction of sp³-hybridized carbons (Fsp3) is 0.375. The van der Waals surface area contributed by atoms with Crippen LogP contribution in [-0.4, -0.2) is 30.4 Å². The van der Waals surface area contributed by atoms with Gasteiger partial charge in [-0.25, -0.2) is 0 Å². The quantitative estimate of drug-likeness (QED) is 0.745. The first-order valence-corrected chi connectivity index (χ1v) is 10.3. The number of nitrogens with one attached hydrogen (secondary N) is 1. The molecule has 2 aromatic rings. The van der Waals surface area contributed by atoms with Crippen molar-refractivity contribution in [3.05, 3.63) is 59.7 Å². The number of hydrogen-bond donors (Lipinski definition) is 1. The molecule has 0 spiro atoms. The molecule has 1 aliphatic rings. The lowest BCUT2D eigenvalue weighted by atomic mass is 9.83. The van der Waals surface area contributed by atoms with Crippen LogP contribution in [0, 0.1) is 17.2 Å². The highest BCUT2D eigenvalue weighted by atomic mass is 16.5. The zero-order valence-electron chi connectivity index (χ0n) is 17.4. The van der Waals surface area contributed by atoms with Crippen molar-refractivity contribution >= 4 is 17.5 Å². The highest BCUT2D eigenvalue weighted by Crippen LogP contribution is 2.38. The Bertz CT molecular complexity index is 916. The highest BCUT2D eigenvalue weighted by Gasteiger charge is 2.40. The fourth-order valence-electron chi connectivity index (χ4n) is 3.90. The van der Waals surface area contributed by atoms with Crippen molar-refractivity contribution in [3.63, 3.8) is 0 Å². The SMILES string of the molecule is CCCCN1C(=O)CC[C@H](C(=O)Nc2ccc(C#N)cc2)[C@H]1c1ccc(OC)cc1. The van der Waals surface area contributed by atoms with Gasteiger partial charge in [0.05, 0.1) is 30.7 Å². The number of nitriles is 1. The maximum atomic E-state index is 13.2. The molecule has 6 heteroatoms. The van der Waals surface area contributed by atoms with Crippen LogP contribution in [0.2, 0.25) is 0 Å². The van der Waals surface area contributed by atoms with Gasteiger partial charge in [0, 0.05) is 18.7 Å². The molecule has 1 aliphatic heterocycles. The van der Waals surface area contributed by atoms with Crippen LogP contribution in [0.1, 0.15) is 49.8 Å². The number of carbonyl (C=O) groups is 2. The summed E-state index contributed by atoms with van der Waals surface area (Å²) < 4.78 is 5.26. The molecule has 2 atom stereocenters.